The molecule has 0 saturated carbocycles. The molecule has 1 unspecified atom stereocenters. The van der Waals surface area contributed by atoms with E-state index in [1.54, 1.807) is 6.92 Å². The second kappa shape index (κ2) is 5.19. The first-order valence-electron chi connectivity index (χ1n) is 5.50. The van der Waals surface area contributed by atoms with Crippen molar-refractivity contribution in [2.24, 2.45) is 0 Å². The van der Waals surface area contributed by atoms with Crippen LogP contribution in [-0.2, 0) is 11.2 Å². The highest BCUT2D eigenvalue weighted by Crippen LogP contribution is 2.19. The molecule has 0 heterocycles. The van der Waals surface area contributed by atoms with Crippen molar-refractivity contribution < 1.29 is 15.0 Å². The predicted molar refractivity (Wildman–Crippen MR) is 67.3 cm³/mol. The summed E-state index contributed by atoms with van der Waals surface area (Å²) in [4.78, 5) is 12.6. The van der Waals surface area contributed by atoms with Crippen LogP contribution >= 0.6 is 0 Å². The number of hydrogen-bond donors (Lipinski definition) is 2. The van der Waals surface area contributed by atoms with Crippen molar-refractivity contribution in [3.8, 4) is 0 Å². The minimum absolute atomic E-state index is 0.248. The molecule has 0 saturated heterocycles. The first-order valence-corrected chi connectivity index (χ1v) is 5.50. The molecule has 2 N–H and O–H groups in total. The third-order valence-electron chi connectivity index (χ3n) is 2.57. The number of carboxylic acids is 1. The highest BCUT2D eigenvalue weighted by molar-refractivity contribution is 5.68. The van der Waals surface area contributed by atoms with Gasteiger partial charge in [0.2, 0.25) is 0 Å². The zero-order chi connectivity index (χ0) is 13.1. The molecule has 0 aliphatic rings. The maximum absolute atomic E-state index is 10.6. The van der Waals surface area contributed by atoms with Gasteiger partial charge in [0.1, 0.15) is 0 Å². The first kappa shape index (κ1) is 13.5. The summed E-state index contributed by atoms with van der Waals surface area (Å²) >= 11 is 0. The lowest BCUT2D eigenvalue weighted by molar-refractivity contribution is -0.141. The molecule has 0 aliphatic heterocycles. The van der Waals surface area contributed by atoms with Gasteiger partial charge in [-0.15, -0.1) is 0 Å². The molecule has 94 valence electrons. The molecular formula is C13H19NO3. The molecule has 0 fully saturated rings. The van der Waals surface area contributed by atoms with E-state index in [1.807, 2.05) is 43.3 Å². The first-order chi connectivity index (χ1) is 7.80. The second-order valence-corrected chi connectivity index (χ2v) is 4.81. The maximum Gasteiger partial charge on any atom is 0.306 e. The van der Waals surface area contributed by atoms with Crippen molar-refractivity contribution >= 4 is 11.7 Å². The standard InChI is InChI=1S/C13H19NO3/c1-13(17,9-12(15)16)8-10-4-6-11(7-5-10)14(2)3/h4-7,17H,8-9H2,1-3H3,(H,15,16). The Morgan fingerprint density at radius 1 is 1.29 bits per heavy atom. The number of anilines is 1. The summed E-state index contributed by atoms with van der Waals surface area (Å²) in [5, 5.41) is 18.6. The number of rotatable bonds is 5. The molecule has 0 aliphatic carbocycles. The number of nitrogens with zero attached hydrogens (tertiary/aromatic N) is 1. The van der Waals surface area contributed by atoms with E-state index >= 15 is 0 Å². The summed E-state index contributed by atoms with van der Waals surface area (Å²) in [5.74, 6) is -0.986. The van der Waals surface area contributed by atoms with Gasteiger partial charge in [-0.1, -0.05) is 12.1 Å². The van der Waals surface area contributed by atoms with Crippen molar-refractivity contribution in [1.82, 2.24) is 0 Å². The monoisotopic (exact) mass is 237 g/mol. The Morgan fingerprint density at radius 3 is 2.24 bits per heavy atom. The lowest BCUT2D eigenvalue weighted by Crippen LogP contribution is -2.30. The molecule has 1 rings (SSSR count). The fourth-order valence-electron chi connectivity index (χ4n) is 1.74. The minimum atomic E-state index is -1.20. The molecule has 4 nitrogen and oxygen atoms in total. The van der Waals surface area contributed by atoms with Crippen LogP contribution in [0.3, 0.4) is 0 Å². The number of aliphatic carboxylic acids is 1. The quantitative estimate of drug-likeness (QED) is 0.815. The van der Waals surface area contributed by atoms with Crippen LogP contribution in [0.25, 0.3) is 0 Å². The number of hydrogen-bond acceptors (Lipinski definition) is 3. The number of carboxylic acid groups (broad SMARTS) is 1. The second-order valence-electron chi connectivity index (χ2n) is 4.81. The topological polar surface area (TPSA) is 60.8 Å². The zero-order valence-electron chi connectivity index (χ0n) is 10.5. The van der Waals surface area contributed by atoms with Crippen LogP contribution in [0.5, 0.6) is 0 Å². The van der Waals surface area contributed by atoms with Gasteiger partial charge in [-0.05, 0) is 24.6 Å². The van der Waals surface area contributed by atoms with Gasteiger partial charge in [0.15, 0.2) is 0 Å². The molecule has 0 radical (unpaired) electrons. The van der Waals surface area contributed by atoms with E-state index in [0.29, 0.717) is 6.42 Å². The average Bonchev–Trinajstić information content (AvgIpc) is 2.15. The van der Waals surface area contributed by atoms with Gasteiger partial charge in [-0.3, -0.25) is 4.79 Å². The molecule has 1 aromatic carbocycles. The molecule has 0 bridgehead atoms. The van der Waals surface area contributed by atoms with Gasteiger partial charge in [0, 0.05) is 26.2 Å². The van der Waals surface area contributed by atoms with Crippen molar-refractivity contribution in [3.63, 3.8) is 0 Å². The average molecular weight is 237 g/mol. The van der Waals surface area contributed by atoms with Crippen LogP contribution in [0.4, 0.5) is 5.69 Å². The molecule has 0 amide bonds. The third-order valence-corrected chi connectivity index (χ3v) is 2.57. The van der Waals surface area contributed by atoms with Crippen LogP contribution in [-0.4, -0.2) is 35.9 Å². The summed E-state index contributed by atoms with van der Waals surface area (Å²) in [5.41, 5.74) is 0.805. The maximum atomic E-state index is 10.6. The fraction of sp³-hybridized carbons (Fsp3) is 0.462. The SMILES string of the molecule is CN(C)c1ccc(CC(C)(O)CC(=O)O)cc1. The molecule has 0 aromatic heterocycles. The van der Waals surface area contributed by atoms with E-state index in [0.717, 1.165) is 11.3 Å². The summed E-state index contributed by atoms with van der Waals surface area (Å²) in [7, 11) is 3.91. The van der Waals surface area contributed by atoms with Crippen LogP contribution in [0.1, 0.15) is 18.9 Å². The Hall–Kier alpha value is -1.55. The summed E-state index contributed by atoms with van der Waals surface area (Å²) in [6, 6.07) is 7.72. The molecule has 4 heteroatoms. The van der Waals surface area contributed by atoms with Gasteiger partial charge in [0.25, 0.3) is 0 Å². The van der Waals surface area contributed by atoms with Gasteiger partial charge in [-0.25, -0.2) is 0 Å². The summed E-state index contributed by atoms with van der Waals surface area (Å²) in [6.07, 6.45) is 0.0927. The van der Waals surface area contributed by atoms with Gasteiger partial charge < -0.3 is 15.1 Å². The van der Waals surface area contributed by atoms with Gasteiger partial charge >= 0.3 is 5.97 Å². The lowest BCUT2D eigenvalue weighted by atomic mass is 9.93. The molecule has 1 atom stereocenters. The van der Waals surface area contributed by atoms with Crippen molar-refractivity contribution in [1.29, 1.82) is 0 Å². The van der Waals surface area contributed by atoms with Crippen LogP contribution < -0.4 is 4.90 Å². The predicted octanol–water partition coefficient (Wildman–Crippen LogP) is 1.52. The van der Waals surface area contributed by atoms with E-state index in [9.17, 15) is 9.90 Å². The van der Waals surface area contributed by atoms with Crippen molar-refractivity contribution in [3.05, 3.63) is 29.8 Å². The summed E-state index contributed by atoms with van der Waals surface area (Å²) in [6.45, 7) is 1.54. The number of aliphatic hydroxyl groups is 1. The van der Waals surface area contributed by atoms with Crippen molar-refractivity contribution in [2.45, 2.75) is 25.4 Å². The van der Waals surface area contributed by atoms with E-state index < -0.39 is 11.6 Å². The van der Waals surface area contributed by atoms with E-state index in [4.69, 9.17) is 5.11 Å². The Bertz CT molecular complexity index is 382. The van der Waals surface area contributed by atoms with E-state index in [2.05, 4.69) is 0 Å². The lowest BCUT2D eigenvalue weighted by Gasteiger charge is -2.21. The Labute approximate surface area is 101 Å². The highest BCUT2D eigenvalue weighted by atomic mass is 16.4. The fourth-order valence-corrected chi connectivity index (χ4v) is 1.74. The Kier molecular flexibility index (Phi) is 4.12. The smallest absolute Gasteiger partial charge is 0.306 e. The molecular weight excluding hydrogens is 218 g/mol. The summed E-state index contributed by atoms with van der Waals surface area (Å²) < 4.78 is 0. The Balaban J connectivity index is 2.71. The van der Waals surface area contributed by atoms with E-state index in [-0.39, 0.29) is 6.42 Å². The molecule has 1 aromatic rings. The zero-order valence-corrected chi connectivity index (χ0v) is 10.5. The minimum Gasteiger partial charge on any atom is -0.481 e. The van der Waals surface area contributed by atoms with Gasteiger partial charge in [0.05, 0.1) is 12.0 Å². The number of carbonyl (C=O) groups is 1. The van der Waals surface area contributed by atoms with Gasteiger partial charge in [-0.2, -0.15) is 0 Å². The third kappa shape index (κ3) is 4.44. The van der Waals surface area contributed by atoms with Crippen molar-refractivity contribution in [2.75, 3.05) is 19.0 Å². The largest absolute Gasteiger partial charge is 0.481 e. The van der Waals surface area contributed by atoms with E-state index in [1.165, 1.54) is 0 Å². The molecule has 0 spiro atoms. The normalized spacial score (nSPS) is 14.1. The van der Waals surface area contributed by atoms with Crippen LogP contribution in [0, 0.1) is 0 Å². The van der Waals surface area contributed by atoms with Crippen LogP contribution in [0.15, 0.2) is 24.3 Å². The molecule has 17 heavy (non-hydrogen) atoms. The Morgan fingerprint density at radius 2 is 1.82 bits per heavy atom. The van der Waals surface area contributed by atoms with Crippen LogP contribution in [0.2, 0.25) is 0 Å². The highest BCUT2D eigenvalue weighted by Gasteiger charge is 2.24. The number of benzene rings is 1.